The average Bonchev–Trinajstić information content (AvgIpc) is 3.47. The van der Waals surface area contributed by atoms with Gasteiger partial charge in [0, 0.05) is 59.9 Å². The third-order valence-corrected chi connectivity index (χ3v) is 13.9. The van der Waals surface area contributed by atoms with Gasteiger partial charge in [-0.25, -0.2) is 4.98 Å². The van der Waals surface area contributed by atoms with Crippen LogP contribution in [0.5, 0.6) is 0 Å². The molecule has 0 atom stereocenters. The molecule has 6 rings (SSSR count). The maximum absolute atomic E-state index is 11.7. The first-order valence-corrected chi connectivity index (χ1v) is 23.0. The van der Waals surface area contributed by atoms with Crippen molar-refractivity contribution in [2.75, 3.05) is 0 Å². The Labute approximate surface area is 327 Å². The summed E-state index contributed by atoms with van der Waals surface area (Å²) >= 11 is 1.69. The molecule has 2 aromatic heterocycles. The number of thiophene rings is 1. The minimum Gasteiger partial charge on any atom is -0.512 e. The second-order valence-corrected chi connectivity index (χ2v) is 21.9. The molecule has 0 spiro atoms. The minimum absolute atomic E-state index is 0. The van der Waals surface area contributed by atoms with Crippen molar-refractivity contribution < 1.29 is 32.7 Å². The van der Waals surface area contributed by atoms with Crippen LogP contribution in [0, 0.1) is 23.3 Å². The number of benzene rings is 3. The van der Waals surface area contributed by atoms with Gasteiger partial charge in [0.2, 0.25) is 0 Å². The number of nitrogens with zero attached hydrogens (tertiary/aromatic N) is 2. The number of carbonyl (C=O) groups is 1. The monoisotopic (exact) mass is 900 g/mol. The van der Waals surface area contributed by atoms with E-state index < -0.39 is 14.0 Å². The quantitative estimate of drug-likeness (QED) is 0.0656. The second kappa shape index (κ2) is 17.4. The van der Waals surface area contributed by atoms with E-state index in [1.807, 2.05) is 27.7 Å². The summed E-state index contributed by atoms with van der Waals surface area (Å²) in [4.78, 5) is 20.9. The summed E-state index contributed by atoms with van der Waals surface area (Å²) < 4.78 is 19.8. The van der Waals surface area contributed by atoms with Gasteiger partial charge in [0.15, 0.2) is 5.78 Å². The Kier molecular flexibility index (Phi) is 13.0. The first kappa shape index (κ1) is 38.0. The van der Waals surface area contributed by atoms with Gasteiger partial charge in [-0.15, -0.1) is 40.1 Å². The number of allylic oxidation sites excluding steroid dienone is 2. The van der Waals surface area contributed by atoms with Gasteiger partial charge < -0.3 is 5.11 Å². The van der Waals surface area contributed by atoms with E-state index in [0.29, 0.717) is 5.41 Å². The predicted octanol–water partition coefficient (Wildman–Crippen LogP) is 12.6. The fourth-order valence-corrected chi connectivity index (χ4v) is 10.00. The number of aromatic nitrogens is 2. The molecule has 0 aliphatic heterocycles. The van der Waals surface area contributed by atoms with Crippen LogP contribution < -0.4 is 5.19 Å². The van der Waals surface area contributed by atoms with E-state index in [1.165, 1.54) is 16.6 Å². The number of hydrogen-bond donors (Lipinski definition) is 1. The number of rotatable bonds is 10. The second-order valence-electron chi connectivity index (χ2n) is 15.8. The molecule has 1 radical (unpaired) electrons. The van der Waals surface area contributed by atoms with E-state index in [9.17, 15) is 11.3 Å². The van der Waals surface area contributed by atoms with Gasteiger partial charge in [-0.3, -0.25) is 9.78 Å². The van der Waals surface area contributed by atoms with Crippen molar-refractivity contribution in [3.63, 3.8) is 0 Å². The standard InChI is InChI=1S/C31H33N2SSi.C13H24O2.Ir/c1-31(2)14-12-20(13-15-31)21-10-11-25-26(17-21)34-30-28(32-19-33-29(25)30)23-16-22-8-6-7-9-24(22)27(18-23)35(3,4)5;1-5-10(6-2)12(14)9-13(15)11(7-3)8-4;/h6-11,17-20H,12-15H2,1-5H3;9-11,14H,5-8H2,1-4H3;/q-1;;/b;12-9-;/i19D,20D;;. The molecule has 51 heavy (non-hydrogen) atoms. The number of fused-ring (bicyclic) bond motifs is 4. The number of carbonyl (C=O) groups excluding carboxylic acids is 1. The predicted molar refractivity (Wildman–Crippen MR) is 219 cm³/mol. The normalized spacial score (nSPS) is 16.5. The molecule has 7 heteroatoms. The van der Waals surface area contributed by atoms with Crippen molar-refractivity contribution in [3.05, 3.63) is 78.3 Å². The van der Waals surface area contributed by atoms with Crippen molar-refractivity contribution in [2.24, 2.45) is 17.3 Å². The maximum atomic E-state index is 11.7. The molecule has 1 saturated carbocycles. The zero-order chi connectivity index (χ0) is 38.0. The summed E-state index contributed by atoms with van der Waals surface area (Å²) in [6.45, 7) is 19.8. The number of aliphatic hydroxyl groups is 1. The molecule has 1 aliphatic rings. The zero-order valence-electron chi connectivity index (χ0n) is 34.0. The van der Waals surface area contributed by atoms with Gasteiger partial charge >= 0.3 is 0 Å². The summed E-state index contributed by atoms with van der Waals surface area (Å²) in [5, 5.41) is 14.5. The Morgan fingerprint density at radius 1 is 1.00 bits per heavy atom. The van der Waals surface area contributed by atoms with Gasteiger partial charge in [0.25, 0.3) is 0 Å². The van der Waals surface area contributed by atoms with E-state index in [2.05, 4.69) is 98.1 Å². The topological polar surface area (TPSA) is 63.1 Å². The van der Waals surface area contributed by atoms with Crippen LogP contribution >= 0.6 is 11.3 Å². The third kappa shape index (κ3) is 9.46. The molecule has 1 fully saturated rings. The molecule has 0 bridgehead atoms. The molecule has 4 nitrogen and oxygen atoms in total. The molecule has 1 aliphatic carbocycles. The zero-order valence-corrected chi connectivity index (χ0v) is 36.2. The van der Waals surface area contributed by atoms with Crippen molar-refractivity contribution >= 4 is 61.5 Å². The van der Waals surface area contributed by atoms with Crippen LogP contribution in [0.25, 0.3) is 42.3 Å². The maximum Gasteiger partial charge on any atom is 0.162 e. The molecular formula is C44H57IrN2O2SSi-. The van der Waals surface area contributed by atoms with E-state index in [0.717, 1.165) is 93.9 Å². The first-order chi connectivity index (χ1) is 24.5. The van der Waals surface area contributed by atoms with Crippen LogP contribution in [-0.4, -0.2) is 28.9 Å². The van der Waals surface area contributed by atoms with Gasteiger partial charge in [0.1, 0.15) is 7.67 Å². The number of ketones is 1. The van der Waals surface area contributed by atoms with Crippen LogP contribution in [0.1, 0.15) is 107 Å². The Balaban J connectivity index is 0.000000335. The third-order valence-electron chi connectivity index (χ3n) is 10.7. The van der Waals surface area contributed by atoms with Gasteiger partial charge in [-0.05, 0) is 74.3 Å². The average molecular weight is 900 g/mol. The SMILES string of the molecule is CCC(CC)C(=O)/C=C(\O)C(CC)CC.[2H]c1nc(-c2[c-]c3ccccc3c([Si](C)(C)C)c2)c2sc3cc(C4([2H])CCC(C)(C)CC4)ccc3c2n1.[Ir]. The van der Waals surface area contributed by atoms with Gasteiger partial charge in [-0.1, -0.05) is 102 Å². The van der Waals surface area contributed by atoms with Crippen molar-refractivity contribution in [2.45, 2.75) is 118 Å². The van der Waals surface area contributed by atoms with Crippen molar-refractivity contribution in [1.82, 2.24) is 9.97 Å². The van der Waals surface area contributed by atoms with E-state index in [-0.39, 0.29) is 49.8 Å². The van der Waals surface area contributed by atoms with E-state index in [4.69, 9.17) is 1.37 Å². The first-order valence-electron chi connectivity index (χ1n) is 19.7. The number of aliphatic hydroxyl groups excluding tert-OH is 1. The molecule has 0 unspecified atom stereocenters. The van der Waals surface area contributed by atoms with E-state index >= 15 is 0 Å². The fourth-order valence-electron chi connectivity index (χ4n) is 7.21. The largest absolute Gasteiger partial charge is 0.512 e. The molecule has 0 saturated heterocycles. The molecule has 0 amide bonds. The molecule has 1 N–H and O–H groups in total. The van der Waals surface area contributed by atoms with E-state index in [1.54, 1.807) is 11.3 Å². The van der Waals surface area contributed by atoms with Crippen LogP contribution in [0.2, 0.25) is 19.6 Å². The van der Waals surface area contributed by atoms with Crippen LogP contribution in [0.3, 0.4) is 0 Å². The molecule has 2 heterocycles. The van der Waals surface area contributed by atoms with Gasteiger partial charge in [-0.2, -0.15) is 0 Å². The van der Waals surface area contributed by atoms with Crippen LogP contribution in [-0.2, 0) is 24.9 Å². The minimum atomic E-state index is -1.65. The Morgan fingerprint density at radius 2 is 1.65 bits per heavy atom. The molecule has 3 aromatic carbocycles. The Morgan fingerprint density at radius 3 is 2.27 bits per heavy atom. The summed E-state index contributed by atoms with van der Waals surface area (Å²) in [6, 6.07) is 20.8. The van der Waals surface area contributed by atoms with Crippen LogP contribution in [0.15, 0.2) is 66.7 Å². The summed E-state index contributed by atoms with van der Waals surface area (Å²) in [7, 11) is -1.65. The van der Waals surface area contributed by atoms with Gasteiger partial charge in [0.05, 0.1) is 19.3 Å². The summed E-state index contributed by atoms with van der Waals surface area (Å²) in [5.41, 5.74) is 3.99. The number of hydrogen-bond acceptors (Lipinski definition) is 5. The summed E-state index contributed by atoms with van der Waals surface area (Å²) in [5.74, 6) is 0.0130. The molecule has 275 valence electrons. The Hall–Kier alpha value is -2.70. The molecule has 5 aromatic rings. The fraction of sp³-hybridized carbons (Fsp3) is 0.477. The summed E-state index contributed by atoms with van der Waals surface area (Å²) in [6.07, 6.45) is 8.89. The van der Waals surface area contributed by atoms with Crippen LogP contribution in [0.4, 0.5) is 0 Å². The van der Waals surface area contributed by atoms with Crippen molar-refractivity contribution in [3.8, 4) is 11.3 Å². The molecular weight excluding hydrogens is 841 g/mol. The Bertz CT molecular complexity index is 2090. The smallest absolute Gasteiger partial charge is 0.162 e. The van der Waals surface area contributed by atoms with Crippen molar-refractivity contribution in [1.29, 1.82) is 0 Å².